The lowest BCUT2D eigenvalue weighted by atomic mass is 10.1. The first kappa shape index (κ1) is 22.7. The predicted molar refractivity (Wildman–Crippen MR) is 123 cm³/mol. The van der Waals surface area contributed by atoms with Crippen molar-refractivity contribution in [2.24, 2.45) is 7.05 Å². The van der Waals surface area contributed by atoms with Crippen LogP contribution in [0.15, 0.2) is 36.5 Å². The van der Waals surface area contributed by atoms with Crippen molar-refractivity contribution in [1.29, 1.82) is 0 Å². The zero-order valence-electron chi connectivity index (χ0n) is 19.3. The number of benzene rings is 2. The molecule has 0 bridgehead atoms. The Morgan fingerprint density at radius 1 is 1.15 bits per heavy atom. The number of aryl methyl sites for hydroxylation is 2. The molecule has 0 saturated heterocycles. The maximum absolute atomic E-state index is 13.6. The summed E-state index contributed by atoms with van der Waals surface area (Å²) >= 11 is 0. The number of hydrogen-bond acceptors (Lipinski definition) is 6. The minimum Gasteiger partial charge on any atom is -0.465 e. The van der Waals surface area contributed by atoms with E-state index in [1.807, 2.05) is 31.1 Å². The number of amides is 1. The van der Waals surface area contributed by atoms with Gasteiger partial charge in [-0.1, -0.05) is 6.07 Å². The molecular weight excluding hydrogens is 425 g/mol. The van der Waals surface area contributed by atoms with Crippen LogP contribution in [0.3, 0.4) is 0 Å². The highest BCUT2D eigenvalue weighted by Gasteiger charge is 2.27. The van der Waals surface area contributed by atoms with Gasteiger partial charge >= 0.3 is 5.97 Å². The molecule has 0 fully saturated rings. The smallest absolute Gasteiger partial charge is 0.325 e. The van der Waals surface area contributed by atoms with Gasteiger partial charge in [-0.05, 0) is 54.8 Å². The van der Waals surface area contributed by atoms with Crippen LogP contribution in [-0.2, 0) is 34.5 Å². The summed E-state index contributed by atoms with van der Waals surface area (Å²) in [6, 6.07) is 8.63. The van der Waals surface area contributed by atoms with Crippen LogP contribution in [-0.4, -0.2) is 58.4 Å². The molecule has 2 heterocycles. The van der Waals surface area contributed by atoms with Gasteiger partial charge in [0, 0.05) is 38.3 Å². The first-order chi connectivity index (χ1) is 15.8. The number of carbonyl (C=O) groups is 2. The Kier molecular flexibility index (Phi) is 6.33. The number of esters is 1. The molecule has 0 radical (unpaired) electrons. The van der Waals surface area contributed by atoms with Crippen molar-refractivity contribution in [3.05, 3.63) is 59.0 Å². The number of carbonyl (C=O) groups excluding carboxylic acids is 2. The average molecular weight is 454 g/mol. The molecule has 174 valence electrons. The monoisotopic (exact) mass is 453 g/mol. The van der Waals surface area contributed by atoms with Gasteiger partial charge in [0.15, 0.2) is 0 Å². The van der Waals surface area contributed by atoms with Crippen LogP contribution in [0.5, 0.6) is 0 Å². The van der Waals surface area contributed by atoms with Gasteiger partial charge in [-0.2, -0.15) is 5.10 Å². The number of hydrazine groups is 1. The molecule has 2 aromatic carbocycles. The maximum atomic E-state index is 13.6. The third kappa shape index (κ3) is 4.68. The van der Waals surface area contributed by atoms with Crippen LogP contribution < -0.4 is 4.90 Å². The van der Waals surface area contributed by atoms with Crippen LogP contribution in [0, 0.1) is 12.7 Å². The van der Waals surface area contributed by atoms with Gasteiger partial charge in [-0.3, -0.25) is 19.3 Å². The molecule has 1 aromatic heterocycles. The van der Waals surface area contributed by atoms with Crippen molar-refractivity contribution < 1.29 is 18.7 Å². The van der Waals surface area contributed by atoms with E-state index in [-0.39, 0.29) is 31.4 Å². The summed E-state index contributed by atoms with van der Waals surface area (Å²) in [5, 5.41) is 8.63. The lowest BCUT2D eigenvalue weighted by Gasteiger charge is -2.31. The van der Waals surface area contributed by atoms with Crippen molar-refractivity contribution in [2.45, 2.75) is 26.9 Å². The molecule has 1 amide bonds. The molecule has 9 heteroatoms. The summed E-state index contributed by atoms with van der Waals surface area (Å²) in [5.74, 6) is -0.868. The number of likely N-dealkylation sites (N-methyl/N-ethyl adjacent to an activating group) is 1. The molecule has 0 spiro atoms. The summed E-state index contributed by atoms with van der Waals surface area (Å²) in [6.45, 7) is 4.88. The van der Waals surface area contributed by atoms with Gasteiger partial charge in [0.25, 0.3) is 5.91 Å². The molecule has 0 saturated carbocycles. The Bertz CT molecular complexity index is 1210. The number of fused-ring (bicyclic) bond motifs is 2. The largest absolute Gasteiger partial charge is 0.465 e. The zero-order valence-corrected chi connectivity index (χ0v) is 19.3. The normalized spacial score (nSPS) is 13.2. The molecular formula is C24H28FN5O3. The van der Waals surface area contributed by atoms with E-state index in [1.54, 1.807) is 40.8 Å². The number of nitrogens with zero attached hydrogens (tertiary/aromatic N) is 5. The highest BCUT2D eigenvalue weighted by molar-refractivity contribution is 5.89. The molecule has 3 aromatic rings. The van der Waals surface area contributed by atoms with E-state index in [9.17, 15) is 14.0 Å². The fourth-order valence-corrected chi connectivity index (χ4v) is 4.20. The molecule has 4 rings (SSSR count). The second kappa shape index (κ2) is 9.19. The van der Waals surface area contributed by atoms with Crippen LogP contribution in [0.2, 0.25) is 0 Å². The van der Waals surface area contributed by atoms with Gasteiger partial charge in [-0.15, -0.1) is 0 Å². The van der Waals surface area contributed by atoms with Crippen molar-refractivity contribution in [3.63, 3.8) is 0 Å². The number of ether oxygens (including phenoxy) is 1. The van der Waals surface area contributed by atoms with E-state index >= 15 is 0 Å². The van der Waals surface area contributed by atoms with Crippen LogP contribution >= 0.6 is 0 Å². The van der Waals surface area contributed by atoms with E-state index in [0.29, 0.717) is 13.1 Å². The Morgan fingerprint density at radius 3 is 2.67 bits per heavy atom. The summed E-state index contributed by atoms with van der Waals surface area (Å²) < 4.78 is 20.5. The highest BCUT2D eigenvalue weighted by Crippen LogP contribution is 2.28. The predicted octanol–water partition coefficient (Wildman–Crippen LogP) is 2.78. The Hall–Kier alpha value is -3.46. The zero-order chi connectivity index (χ0) is 23.7. The average Bonchev–Trinajstić information content (AvgIpc) is 3.35. The highest BCUT2D eigenvalue weighted by atomic mass is 19.1. The van der Waals surface area contributed by atoms with E-state index in [4.69, 9.17) is 4.74 Å². The number of hydrogen-bond donors (Lipinski definition) is 0. The third-order valence-electron chi connectivity index (χ3n) is 6.02. The van der Waals surface area contributed by atoms with Crippen molar-refractivity contribution in [3.8, 4) is 0 Å². The quantitative estimate of drug-likeness (QED) is 0.513. The topological polar surface area (TPSA) is 70.9 Å². The van der Waals surface area contributed by atoms with Gasteiger partial charge in [-0.25, -0.2) is 9.40 Å². The van der Waals surface area contributed by atoms with Crippen LogP contribution in [0.25, 0.3) is 10.9 Å². The lowest BCUT2D eigenvalue weighted by Crippen LogP contribution is -2.47. The first-order valence-electron chi connectivity index (χ1n) is 10.9. The molecule has 33 heavy (non-hydrogen) atoms. The molecule has 0 atom stereocenters. The number of anilines is 1. The first-order valence-corrected chi connectivity index (χ1v) is 10.9. The van der Waals surface area contributed by atoms with E-state index in [1.165, 1.54) is 12.1 Å². The molecule has 1 aliphatic rings. The van der Waals surface area contributed by atoms with Crippen LogP contribution in [0.1, 0.15) is 23.6 Å². The van der Waals surface area contributed by atoms with Crippen molar-refractivity contribution in [2.75, 3.05) is 31.6 Å². The summed E-state index contributed by atoms with van der Waals surface area (Å²) in [4.78, 5) is 27.3. The standard InChI is InChI=1S/C24H28FN5O3/c1-5-33-24(32)15-29(21-10-18-11-26-27(3)22(18)8-16(21)2)14-23(31)28(4)30-12-17-6-7-20(25)9-19(17)13-30/h6-11H,5,12-15H2,1-4H3. The Labute approximate surface area is 192 Å². The van der Waals surface area contributed by atoms with Crippen LogP contribution in [0.4, 0.5) is 10.1 Å². The number of halogens is 1. The third-order valence-corrected chi connectivity index (χ3v) is 6.02. The van der Waals surface area contributed by atoms with E-state index in [2.05, 4.69) is 5.10 Å². The number of aromatic nitrogens is 2. The fraction of sp³-hybridized carbons (Fsp3) is 0.375. The number of rotatable bonds is 7. The summed E-state index contributed by atoms with van der Waals surface area (Å²) in [7, 11) is 3.57. The van der Waals surface area contributed by atoms with Gasteiger partial charge in [0.2, 0.25) is 0 Å². The van der Waals surface area contributed by atoms with Gasteiger partial charge in [0.05, 0.1) is 24.9 Å². The Morgan fingerprint density at radius 2 is 1.91 bits per heavy atom. The van der Waals surface area contributed by atoms with Crippen molar-refractivity contribution in [1.82, 2.24) is 19.8 Å². The molecule has 0 unspecified atom stereocenters. The SMILES string of the molecule is CCOC(=O)CN(CC(=O)N(C)N1Cc2ccc(F)cc2C1)c1cc2cnn(C)c2cc1C. The lowest BCUT2D eigenvalue weighted by molar-refractivity contribution is -0.145. The molecule has 8 nitrogen and oxygen atoms in total. The maximum Gasteiger partial charge on any atom is 0.325 e. The summed E-state index contributed by atoms with van der Waals surface area (Å²) in [6.07, 6.45) is 1.76. The second-order valence-corrected chi connectivity index (χ2v) is 8.28. The summed E-state index contributed by atoms with van der Waals surface area (Å²) in [5.41, 5.74) is 4.54. The van der Waals surface area contributed by atoms with Gasteiger partial charge < -0.3 is 9.64 Å². The molecule has 0 aliphatic carbocycles. The Balaban J connectivity index is 1.56. The molecule has 1 aliphatic heterocycles. The minimum atomic E-state index is -0.400. The fourth-order valence-electron chi connectivity index (χ4n) is 4.20. The second-order valence-electron chi connectivity index (χ2n) is 8.28. The van der Waals surface area contributed by atoms with E-state index < -0.39 is 5.97 Å². The molecule has 0 N–H and O–H groups in total. The van der Waals surface area contributed by atoms with Gasteiger partial charge in [0.1, 0.15) is 12.4 Å². The van der Waals surface area contributed by atoms with E-state index in [0.717, 1.165) is 33.3 Å². The van der Waals surface area contributed by atoms with Crippen molar-refractivity contribution >= 4 is 28.5 Å². The minimum absolute atomic E-state index is 0.0108.